The van der Waals surface area contributed by atoms with E-state index < -0.39 is 18.1 Å². The quantitative estimate of drug-likeness (QED) is 0.222. The molecule has 41 heavy (non-hydrogen) atoms. The second-order valence-corrected chi connectivity index (χ2v) is 11.0. The summed E-state index contributed by atoms with van der Waals surface area (Å²) in [5.41, 5.74) is 5.67. The maximum atomic E-state index is 14.3. The van der Waals surface area contributed by atoms with E-state index in [0.717, 1.165) is 27.7 Å². The first-order valence-electron chi connectivity index (χ1n) is 14.1. The number of para-hydroxylation sites is 2. The number of urea groups is 1. The van der Waals surface area contributed by atoms with Crippen molar-refractivity contribution in [2.24, 2.45) is 0 Å². The van der Waals surface area contributed by atoms with Crippen molar-refractivity contribution in [2.75, 3.05) is 25.2 Å². The van der Waals surface area contributed by atoms with Crippen molar-refractivity contribution in [2.45, 2.75) is 44.7 Å². The number of hydrogen-bond donors (Lipinski definition) is 2. The summed E-state index contributed by atoms with van der Waals surface area (Å²) in [6.45, 7) is 5.24. The molecule has 0 radical (unpaired) electrons. The van der Waals surface area contributed by atoms with Gasteiger partial charge >= 0.3 is 6.03 Å². The Kier molecular flexibility index (Phi) is 7.09. The molecule has 2 atom stereocenters. The van der Waals surface area contributed by atoms with Crippen LogP contribution in [0.5, 0.6) is 0 Å². The van der Waals surface area contributed by atoms with Gasteiger partial charge in [0.25, 0.3) is 11.8 Å². The summed E-state index contributed by atoms with van der Waals surface area (Å²) in [5.74, 6) is -0.289. The van der Waals surface area contributed by atoms with Crippen molar-refractivity contribution in [1.82, 2.24) is 15.2 Å². The number of aromatic nitrogens is 1. The molecule has 0 unspecified atom stereocenters. The SMILES string of the molecule is COCCCNC(=O)c1ccccc1N1C(=O)[C@@H]2Cc3c([nH]c4ccccc34)[C@@H](c3ccc(C(C)C)cc3)N2C1=O. The molecule has 8 heteroatoms. The van der Waals surface area contributed by atoms with Gasteiger partial charge in [0.2, 0.25) is 0 Å². The summed E-state index contributed by atoms with van der Waals surface area (Å²) in [5, 5.41) is 3.94. The van der Waals surface area contributed by atoms with Crippen molar-refractivity contribution in [3.05, 3.63) is 101 Å². The van der Waals surface area contributed by atoms with Crippen LogP contribution in [-0.2, 0) is 16.0 Å². The maximum Gasteiger partial charge on any atom is 0.332 e. The number of aromatic amines is 1. The van der Waals surface area contributed by atoms with Crippen molar-refractivity contribution in [3.8, 4) is 0 Å². The lowest BCUT2D eigenvalue weighted by atomic mass is 9.88. The minimum Gasteiger partial charge on any atom is -0.385 e. The van der Waals surface area contributed by atoms with E-state index in [9.17, 15) is 14.4 Å². The van der Waals surface area contributed by atoms with Crippen molar-refractivity contribution < 1.29 is 19.1 Å². The van der Waals surface area contributed by atoms with Crippen LogP contribution < -0.4 is 10.2 Å². The highest BCUT2D eigenvalue weighted by molar-refractivity contribution is 6.24. The lowest BCUT2D eigenvalue weighted by Crippen LogP contribution is -2.44. The maximum absolute atomic E-state index is 14.3. The molecule has 3 heterocycles. The van der Waals surface area contributed by atoms with E-state index in [2.05, 4.69) is 54.5 Å². The Hall–Kier alpha value is -4.43. The van der Waals surface area contributed by atoms with Gasteiger partial charge in [0.1, 0.15) is 12.1 Å². The van der Waals surface area contributed by atoms with Crippen LogP contribution in [0.3, 0.4) is 0 Å². The zero-order valence-electron chi connectivity index (χ0n) is 23.5. The lowest BCUT2D eigenvalue weighted by molar-refractivity contribution is -0.120. The number of H-pyrrole nitrogens is 1. The molecule has 0 bridgehead atoms. The zero-order chi connectivity index (χ0) is 28.7. The molecule has 1 fully saturated rings. The largest absolute Gasteiger partial charge is 0.385 e. The van der Waals surface area contributed by atoms with Gasteiger partial charge in [-0.1, -0.05) is 68.4 Å². The number of amides is 4. The number of nitrogens with zero attached hydrogens (tertiary/aromatic N) is 2. The number of carbonyl (C=O) groups excluding carboxylic acids is 3. The molecule has 1 saturated heterocycles. The first-order valence-corrected chi connectivity index (χ1v) is 14.1. The minimum atomic E-state index is -0.693. The van der Waals surface area contributed by atoms with Gasteiger partial charge in [-0.15, -0.1) is 0 Å². The van der Waals surface area contributed by atoms with Gasteiger partial charge in [-0.05, 0) is 47.2 Å². The highest BCUT2D eigenvalue weighted by atomic mass is 16.5. The average Bonchev–Trinajstić information content (AvgIpc) is 3.48. The van der Waals surface area contributed by atoms with E-state index in [1.807, 2.05) is 18.2 Å². The zero-order valence-corrected chi connectivity index (χ0v) is 23.5. The Morgan fingerprint density at radius 1 is 1.02 bits per heavy atom. The third-order valence-electron chi connectivity index (χ3n) is 8.17. The molecule has 8 nitrogen and oxygen atoms in total. The molecule has 210 valence electrons. The molecule has 2 N–H and O–H groups in total. The number of rotatable bonds is 8. The normalized spacial score (nSPS) is 18.2. The van der Waals surface area contributed by atoms with E-state index in [1.54, 1.807) is 36.3 Å². The van der Waals surface area contributed by atoms with Crippen molar-refractivity contribution in [1.29, 1.82) is 0 Å². The smallest absolute Gasteiger partial charge is 0.332 e. The van der Waals surface area contributed by atoms with Crippen molar-refractivity contribution >= 4 is 34.4 Å². The van der Waals surface area contributed by atoms with Crippen LogP contribution in [0.2, 0.25) is 0 Å². The Labute approximate surface area is 239 Å². The number of hydrogen-bond acceptors (Lipinski definition) is 4. The van der Waals surface area contributed by atoms with Gasteiger partial charge in [-0.3, -0.25) is 14.5 Å². The van der Waals surface area contributed by atoms with Crippen molar-refractivity contribution in [3.63, 3.8) is 0 Å². The molecular formula is C33H34N4O4. The predicted molar refractivity (Wildman–Crippen MR) is 158 cm³/mol. The van der Waals surface area contributed by atoms with Crippen LogP contribution in [-0.4, -0.2) is 54.0 Å². The van der Waals surface area contributed by atoms with Gasteiger partial charge in [-0.25, -0.2) is 9.69 Å². The number of carbonyl (C=O) groups is 3. The number of methoxy groups -OCH3 is 1. The first kappa shape index (κ1) is 26.8. The number of imide groups is 1. The van der Waals surface area contributed by atoms with Crippen LogP contribution >= 0.6 is 0 Å². The first-order chi connectivity index (χ1) is 19.9. The van der Waals surface area contributed by atoms with Crippen LogP contribution in [0.15, 0.2) is 72.8 Å². The fourth-order valence-corrected chi connectivity index (χ4v) is 6.08. The van der Waals surface area contributed by atoms with Gasteiger partial charge in [0.05, 0.1) is 11.3 Å². The van der Waals surface area contributed by atoms with E-state index >= 15 is 0 Å². The predicted octanol–water partition coefficient (Wildman–Crippen LogP) is 5.54. The number of nitrogens with one attached hydrogen (secondary N) is 2. The molecule has 1 aromatic heterocycles. The minimum absolute atomic E-state index is 0.285. The summed E-state index contributed by atoms with van der Waals surface area (Å²) in [6.07, 6.45) is 1.05. The van der Waals surface area contributed by atoms with Gasteiger partial charge in [0, 0.05) is 43.3 Å². The molecule has 2 aliphatic rings. The average molecular weight is 551 g/mol. The number of ether oxygens (including phenoxy) is 1. The molecule has 2 aliphatic heterocycles. The number of fused-ring (bicyclic) bond motifs is 4. The van der Waals surface area contributed by atoms with Gasteiger partial charge in [-0.2, -0.15) is 0 Å². The lowest BCUT2D eigenvalue weighted by Gasteiger charge is -2.36. The highest BCUT2D eigenvalue weighted by Crippen LogP contribution is 2.45. The van der Waals surface area contributed by atoms with Crippen LogP contribution in [0.25, 0.3) is 10.9 Å². The standard InChI is InChI=1S/C33H34N4O4/c1-20(2)21-13-15-22(16-14-21)30-29-25(23-9-4-6-11-26(23)35-29)19-28-32(39)37(33(40)36(28)30)27-12-7-5-10-24(27)31(38)34-17-8-18-41-3/h4-7,9-16,20,28,30,35H,8,17-19H2,1-3H3,(H,34,38)/t28-,30+/m0/s1. The molecule has 6 rings (SSSR count). The Bertz CT molecular complexity index is 1620. The van der Waals surface area contributed by atoms with E-state index in [0.29, 0.717) is 37.6 Å². The monoisotopic (exact) mass is 550 g/mol. The summed E-state index contributed by atoms with van der Waals surface area (Å²) in [4.78, 5) is 48.0. The Morgan fingerprint density at radius 3 is 2.51 bits per heavy atom. The Morgan fingerprint density at radius 2 is 1.76 bits per heavy atom. The van der Waals surface area contributed by atoms with Crippen LogP contribution in [0.1, 0.15) is 65.0 Å². The summed E-state index contributed by atoms with van der Waals surface area (Å²) in [7, 11) is 1.61. The fraction of sp³-hybridized carbons (Fsp3) is 0.303. The second kappa shape index (κ2) is 10.9. The number of anilines is 1. The van der Waals surface area contributed by atoms with Gasteiger partial charge < -0.3 is 15.0 Å². The third kappa shape index (κ3) is 4.58. The topological polar surface area (TPSA) is 94.7 Å². The Balaban J connectivity index is 1.42. The van der Waals surface area contributed by atoms with E-state index in [4.69, 9.17) is 4.74 Å². The van der Waals surface area contributed by atoms with Crippen LogP contribution in [0, 0.1) is 0 Å². The molecule has 0 spiro atoms. The highest BCUT2D eigenvalue weighted by Gasteiger charge is 2.53. The fourth-order valence-electron chi connectivity index (χ4n) is 6.08. The molecule has 4 aromatic rings. The van der Waals surface area contributed by atoms with Gasteiger partial charge in [0.15, 0.2) is 0 Å². The molecule has 3 aromatic carbocycles. The van der Waals surface area contributed by atoms with E-state index in [-0.39, 0.29) is 17.4 Å². The molecular weight excluding hydrogens is 516 g/mol. The second-order valence-electron chi connectivity index (χ2n) is 11.0. The molecule has 4 amide bonds. The summed E-state index contributed by atoms with van der Waals surface area (Å²) >= 11 is 0. The van der Waals surface area contributed by atoms with Crippen LogP contribution in [0.4, 0.5) is 10.5 Å². The third-order valence-corrected chi connectivity index (χ3v) is 8.17. The molecule has 0 aliphatic carbocycles. The summed E-state index contributed by atoms with van der Waals surface area (Å²) in [6, 6.07) is 21.5. The van der Waals surface area contributed by atoms with E-state index in [1.165, 1.54) is 10.5 Å². The summed E-state index contributed by atoms with van der Waals surface area (Å²) < 4.78 is 5.07. The molecule has 0 saturated carbocycles. The number of benzene rings is 3.